The highest BCUT2D eigenvalue weighted by Gasteiger charge is 2.35. The minimum Gasteiger partial charge on any atom is -0.385 e. The lowest BCUT2D eigenvalue weighted by Gasteiger charge is -2.40. The second kappa shape index (κ2) is 7.66. The van der Waals surface area contributed by atoms with E-state index in [1.165, 1.54) is 0 Å². The van der Waals surface area contributed by atoms with Crippen molar-refractivity contribution < 1.29 is 14.6 Å². The van der Waals surface area contributed by atoms with Gasteiger partial charge >= 0.3 is 0 Å². The van der Waals surface area contributed by atoms with Gasteiger partial charge in [-0.1, -0.05) is 51.1 Å². The summed E-state index contributed by atoms with van der Waals surface area (Å²) < 4.78 is 5.96. The first-order valence-corrected chi connectivity index (χ1v) is 8.86. The largest absolute Gasteiger partial charge is 0.385 e. The number of aliphatic hydroxyl groups is 1. The summed E-state index contributed by atoms with van der Waals surface area (Å²) in [5.74, 6) is 0.200. The molecule has 1 amide bonds. The van der Waals surface area contributed by atoms with Crippen LogP contribution in [0.15, 0.2) is 30.3 Å². The van der Waals surface area contributed by atoms with Crippen LogP contribution in [0.25, 0.3) is 0 Å². The maximum absolute atomic E-state index is 12.3. The van der Waals surface area contributed by atoms with Crippen LogP contribution in [0.2, 0.25) is 0 Å². The molecule has 1 saturated heterocycles. The molecule has 1 fully saturated rings. The lowest BCUT2D eigenvalue weighted by Crippen LogP contribution is -2.45. The van der Waals surface area contributed by atoms with Gasteiger partial charge < -0.3 is 15.2 Å². The van der Waals surface area contributed by atoms with Crippen molar-refractivity contribution in [3.63, 3.8) is 0 Å². The molecule has 0 aliphatic carbocycles. The molecule has 2 rings (SSSR count). The highest BCUT2D eigenvalue weighted by atomic mass is 16.5. The van der Waals surface area contributed by atoms with E-state index in [0.717, 1.165) is 25.0 Å². The summed E-state index contributed by atoms with van der Waals surface area (Å²) in [6.07, 6.45) is 2.32. The minimum atomic E-state index is -1.15. The number of ether oxygens (including phenoxy) is 1. The molecule has 134 valence electrons. The van der Waals surface area contributed by atoms with Crippen LogP contribution < -0.4 is 5.32 Å². The predicted molar refractivity (Wildman–Crippen MR) is 95.6 cm³/mol. The Labute approximate surface area is 145 Å². The standard InChI is InChI=1S/C20H31NO3/c1-19(2,3)18-15(9-8-12-24-18)14-21-17(22)13-20(4,23)16-10-6-5-7-11-16/h5-7,10-11,15,18,23H,8-9,12-14H2,1-4H3,(H,21,22). The Morgan fingerprint density at radius 3 is 2.54 bits per heavy atom. The average Bonchev–Trinajstić information content (AvgIpc) is 2.53. The van der Waals surface area contributed by atoms with Gasteiger partial charge in [-0.25, -0.2) is 0 Å². The minimum absolute atomic E-state index is 0.0603. The fourth-order valence-corrected chi connectivity index (χ4v) is 3.53. The van der Waals surface area contributed by atoms with E-state index in [2.05, 4.69) is 26.1 Å². The van der Waals surface area contributed by atoms with Crippen LogP contribution in [0, 0.1) is 11.3 Å². The molecule has 4 nitrogen and oxygen atoms in total. The number of amides is 1. The zero-order valence-corrected chi connectivity index (χ0v) is 15.3. The lowest BCUT2D eigenvalue weighted by molar-refractivity contribution is -0.127. The molecule has 3 unspecified atom stereocenters. The molecule has 2 N–H and O–H groups in total. The number of nitrogens with one attached hydrogen (secondary N) is 1. The summed E-state index contributed by atoms with van der Waals surface area (Å²) in [6.45, 7) is 9.62. The van der Waals surface area contributed by atoms with E-state index in [-0.39, 0.29) is 23.8 Å². The van der Waals surface area contributed by atoms with Crippen LogP contribution in [0.3, 0.4) is 0 Å². The third kappa shape index (κ3) is 5.05. The van der Waals surface area contributed by atoms with Crippen molar-refractivity contribution in [1.82, 2.24) is 5.32 Å². The van der Waals surface area contributed by atoms with Crippen LogP contribution in [0.1, 0.15) is 52.5 Å². The summed E-state index contributed by atoms with van der Waals surface area (Å²) in [4.78, 5) is 12.3. The summed E-state index contributed by atoms with van der Waals surface area (Å²) >= 11 is 0. The van der Waals surface area contributed by atoms with Gasteiger partial charge in [0.05, 0.1) is 18.1 Å². The maximum atomic E-state index is 12.3. The van der Waals surface area contributed by atoms with E-state index in [9.17, 15) is 9.90 Å². The maximum Gasteiger partial charge on any atom is 0.223 e. The van der Waals surface area contributed by atoms with E-state index in [4.69, 9.17) is 4.74 Å². The first-order chi connectivity index (χ1) is 11.2. The van der Waals surface area contributed by atoms with Gasteiger partial charge in [-0.15, -0.1) is 0 Å². The number of rotatable bonds is 5. The summed E-state index contributed by atoms with van der Waals surface area (Å²) in [5, 5.41) is 13.6. The van der Waals surface area contributed by atoms with Crippen molar-refractivity contribution in [2.75, 3.05) is 13.2 Å². The highest BCUT2D eigenvalue weighted by Crippen LogP contribution is 2.33. The molecule has 1 aromatic rings. The van der Waals surface area contributed by atoms with Crippen molar-refractivity contribution in [3.8, 4) is 0 Å². The first kappa shape index (κ1) is 18.9. The van der Waals surface area contributed by atoms with Crippen molar-refractivity contribution in [1.29, 1.82) is 0 Å². The van der Waals surface area contributed by atoms with Crippen LogP contribution in [-0.4, -0.2) is 30.3 Å². The summed E-state index contributed by atoms with van der Waals surface area (Å²) in [5.41, 5.74) is -0.336. The van der Waals surface area contributed by atoms with Crippen LogP contribution >= 0.6 is 0 Å². The molecule has 4 heteroatoms. The Morgan fingerprint density at radius 1 is 1.25 bits per heavy atom. The average molecular weight is 333 g/mol. The monoisotopic (exact) mass is 333 g/mol. The van der Waals surface area contributed by atoms with Gasteiger partial charge in [0, 0.05) is 19.1 Å². The van der Waals surface area contributed by atoms with Crippen LogP contribution in [0.5, 0.6) is 0 Å². The molecule has 0 bridgehead atoms. The van der Waals surface area contributed by atoms with Crippen molar-refractivity contribution in [2.24, 2.45) is 11.3 Å². The molecule has 1 heterocycles. The zero-order valence-electron chi connectivity index (χ0n) is 15.3. The van der Waals surface area contributed by atoms with Gasteiger partial charge in [0.2, 0.25) is 5.91 Å². The van der Waals surface area contributed by atoms with Crippen LogP contribution in [0.4, 0.5) is 0 Å². The predicted octanol–water partition coefficient (Wildman–Crippen LogP) is 3.24. The summed E-state index contributed by atoms with van der Waals surface area (Å²) in [6, 6.07) is 9.33. The van der Waals surface area contributed by atoms with E-state index in [1.54, 1.807) is 6.92 Å². The van der Waals surface area contributed by atoms with Gasteiger partial charge in [0.25, 0.3) is 0 Å². The highest BCUT2D eigenvalue weighted by molar-refractivity contribution is 5.77. The fraction of sp³-hybridized carbons (Fsp3) is 0.650. The molecule has 1 aliphatic heterocycles. The smallest absolute Gasteiger partial charge is 0.223 e. The number of hydrogen-bond donors (Lipinski definition) is 2. The molecule has 1 aromatic carbocycles. The normalized spacial score (nSPS) is 24.2. The SMILES string of the molecule is CC(O)(CC(=O)NCC1CCCOC1C(C)(C)C)c1ccccc1. The molecule has 0 saturated carbocycles. The summed E-state index contributed by atoms with van der Waals surface area (Å²) in [7, 11) is 0. The Bertz CT molecular complexity index is 534. The second-order valence-corrected chi connectivity index (χ2v) is 8.18. The number of hydrogen-bond acceptors (Lipinski definition) is 3. The lowest BCUT2D eigenvalue weighted by atomic mass is 9.78. The Morgan fingerprint density at radius 2 is 1.92 bits per heavy atom. The van der Waals surface area contributed by atoms with Crippen molar-refractivity contribution >= 4 is 5.91 Å². The van der Waals surface area contributed by atoms with E-state index in [1.807, 2.05) is 30.3 Å². The Balaban J connectivity index is 1.90. The third-order valence-corrected chi connectivity index (χ3v) is 4.76. The molecule has 24 heavy (non-hydrogen) atoms. The molecule has 0 aromatic heterocycles. The van der Waals surface area contributed by atoms with Gasteiger partial charge in [-0.05, 0) is 30.7 Å². The van der Waals surface area contributed by atoms with Gasteiger partial charge in [0.1, 0.15) is 0 Å². The Kier molecular flexibility index (Phi) is 6.05. The van der Waals surface area contributed by atoms with Crippen LogP contribution in [-0.2, 0) is 15.1 Å². The number of carbonyl (C=O) groups excluding carboxylic acids is 1. The number of carbonyl (C=O) groups is 1. The molecule has 0 spiro atoms. The van der Waals surface area contributed by atoms with E-state index in [0.29, 0.717) is 12.5 Å². The third-order valence-electron chi connectivity index (χ3n) is 4.76. The fourth-order valence-electron chi connectivity index (χ4n) is 3.53. The second-order valence-electron chi connectivity index (χ2n) is 8.18. The number of benzene rings is 1. The molecule has 0 radical (unpaired) electrons. The molecular formula is C20H31NO3. The zero-order chi connectivity index (χ0) is 17.8. The first-order valence-electron chi connectivity index (χ1n) is 8.86. The van der Waals surface area contributed by atoms with Crippen molar-refractivity contribution in [2.45, 2.75) is 58.7 Å². The molecular weight excluding hydrogens is 302 g/mol. The van der Waals surface area contributed by atoms with Gasteiger partial charge in [-0.2, -0.15) is 0 Å². The van der Waals surface area contributed by atoms with E-state index >= 15 is 0 Å². The Hall–Kier alpha value is -1.39. The van der Waals surface area contributed by atoms with Gasteiger partial charge in [0.15, 0.2) is 0 Å². The van der Waals surface area contributed by atoms with Crippen molar-refractivity contribution in [3.05, 3.63) is 35.9 Å². The van der Waals surface area contributed by atoms with Gasteiger partial charge in [-0.3, -0.25) is 4.79 Å². The molecule has 1 aliphatic rings. The topological polar surface area (TPSA) is 58.6 Å². The van der Waals surface area contributed by atoms with E-state index < -0.39 is 5.60 Å². The quantitative estimate of drug-likeness (QED) is 0.870. The molecule has 3 atom stereocenters.